The average molecular weight is 482 g/mol. The van der Waals surface area contributed by atoms with E-state index in [0.717, 1.165) is 54.0 Å². The van der Waals surface area contributed by atoms with Crippen molar-refractivity contribution in [2.45, 2.75) is 72.3 Å². The van der Waals surface area contributed by atoms with Crippen LogP contribution in [-0.4, -0.2) is 74.2 Å². The molecule has 4 rings (SSSR count). The van der Waals surface area contributed by atoms with Crippen LogP contribution in [0.3, 0.4) is 0 Å². The van der Waals surface area contributed by atoms with E-state index in [1.807, 2.05) is 12.2 Å². The van der Waals surface area contributed by atoms with Crippen molar-refractivity contribution in [1.29, 1.82) is 0 Å². The van der Waals surface area contributed by atoms with Gasteiger partial charge in [0.2, 0.25) is 11.8 Å². The molecule has 35 heavy (non-hydrogen) atoms. The second-order valence-corrected chi connectivity index (χ2v) is 11.1. The minimum Gasteiger partial charge on any atom is -0.395 e. The molecule has 0 spiro atoms. The number of aliphatic hydroxyl groups is 1. The summed E-state index contributed by atoms with van der Waals surface area (Å²) in [4.78, 5) is 32.3. The number of aromatic nitrogens is 3. The lowest BCUT2D eigenvalue weighted by Crippen LogP contribution is -2.49. The second kappa shape index (κ2) is 10.4. The Kier molecular flexibility index (Phi) is 7.50. The lowest BCUT2D eigenvalue weighted by Gasteiger charge is -2.34. The van der Waals surface area contributed by atoms with Gasteiger partial charge < -0.3 is 19.9 Å². The minimum atomic E-state index is -0.171. The van der Waals surface area contributed by atoms with Crippen LogP contribution in [0.2, 0.25) is 0 Å². The maximum atomic E-state index is 13.1. The summed E-state index contributed by atoms with van der Waals surface area (Å²) in [6, 6.07) is 1.96. The number of aliphatic hydroxyl groups excluding tert-OH is 1. The first-order valence-electron chi connectivity index (χ1n) is 12.8. The van der Waals surface area contributed by atoms with Gasteiger partial charge in [0.05, 0.1) is 24.9 Å². The predicted octanol–water partition coefficient (Wildman–Crippen LogP) is 3.46. The number of hydrogen-bond donors (Lipinski definition) is 3. The van der Waals surface area contributed by atoms with Gasteiger partial charge in [0.25, 0.3) is 0 Å². The number of H-pyrrole nitrogens is 2. The van der Waals surface area contributed by atoms with Crippen LogP contribution < -0.4 is 0 Å². The molecular formula is C27H39N5O3. The maximum absolute atomic E-state index is 13.1. The van der Waals surface area contributed by atoms with E-state index in [-0.39, 0.29) is 43.0 Å². The number of piperidine rings is 1. The minimum absolute atomic E-state index is 0.0422. The van der Waals surface area contributed by atoms with Crippen LogP contribution in [-0.2, 0) is 22.4 Å². The summed E-state index contributed by atoms with van der Waals surface area (Å²) in [6.07, 6.45) is 9.06. The predicted molar refractivity (Wildman–Crippen MR) is 137 cm³/mol. The molecule has 8 heteroatoms. The topological polar surface area (TPSA) is 105 Å². The van der Waals surface area contributed by atoms with Gasteiger partial charge in [0, 0.05) is 42.9 Å². The number of hydrogen-bond acceptors (Lipinski definition) is 4. The molecule has 8 nitrogen and oxygen atoms in total. The number of likely N-dealkylation sites (tertiary alicyclic amines) is 1. The van der Waals surface area contributed by atoms with E-state index in [9.17, 15) is 14.7 Å². The van der Waals surface area contributed by atoms with Crippen LogP contribution in [0.1, 0.15) is 69.0 Å². The number of nitrogens with zero attached hydrogens (tertiary/aromatic N) is 3. The Morgan fingerprint density at radius 3 is 2.83 bits per heavy atom. The molecule has 0 radical (unpaired) electrons. The van der Waals surface area contributed by atoms with Gasteiger partial charge in [-0.2, -0.15) is 5.10 Å². The molecule has 2 aromatic rings. The highest BCUT2D eigenvalue weighted by Crippen LogP contribution is 2.32. The highest BCUT2D eigenvalue weighted by molar-refractivity contribution is 5.85. The van der Waals surface area contributed by atoms with Crippen LogP contribution in [0.5, 0.6) is 0 Å². The molecule has 1 aliphatic carbocycles. The quantitative estimate of drug-likeness (QED) is 0.537. The summed E-state index contributed by atoms with van der Waals surface area (Å²) in [5, 5.41) is 17.4. The number of rotatable bonds is 8. The third-order valence-corrected chi connectivity index (χ3v) is 7.11. The van der Waals surface area contributed by atoms with Gasteiger partial charge in [-0.05, 0) is 49.7 Å². The Morgan fingerprint density at radius 1 is 1.31 bits per heavy atom. The van der Waals surface area contributed by atoms with E-state index >= 15 is 0 Å². The molecule has 2 aromatic heterocycles. The first-order valence-corrected chi connectivity index (χ1v) is 12.8. The smallest absolute Gasteiger partial charge is 0.242 e. The molecule has 1 saturated heterocycles. The van der Waals surface area contributed by atoms with Crippen molar-refractivity contribution in [3.05, 3.63) is 34.7 Å². The SMILES string of the molecule is Cc1[nH]nc(-c2cc3c([nH]2)CC(N(CCO)C(=O)CN2CCCCC2=O)C=C3)c1CCC(C)(C)C. The largest absolute Gasteiger partial charge is 0.395 e. The van der Waals surface area contributed by atoms with Crippen LogP contribution >= 0.6 is 0 Å². The zero-order chi connectivity index (χ0) is 25.2. The number of nitrogens with one attached hydrogen (secondary N) is 2. The molecule has 2 aliphatic rings. The Morgan fingerprint density at radius 2 is 2.11 bits per heavy atom. The summed E-state index contributed by atoms with van der Waals surface area (Å²) < 4.78 is 0. The van der Waals surface area contributed by atoms with Crippen molar-refractivity contribution in [1.82, 2.24) is 25.0 Å². The van der Waals surface area contributed by atoms with E-state index in [0.29, 0.717) is 19.4 Å². The van der Waals surface area contributed by atoms with E-state index in [4.69, 9.17) is 0 Å². The van der Waals surface area contributed by atoms with Crippen molar-refractivity contribution in [3.63, 3.8) is 0 Å². The van der Waals surface area contributed by atoms with Gasteiger partial charge in [0.1, 0.15) is 5.69 Å². The zero-order valence-electron chi connectivity index (χ0n) is 21.5. The van der Waals surface area contributed by atoms with Gasteiger partial charge >= 0.3 is 0 Å². The normalized spacial score (nSPS) is 18.1. The Hall–Kier alpha value is -2.87. The molecule has 1 atom stereocenters. The summed E-state index contributed by atoms with van der Waals surface area (Å²) >= 11 is 0. The first-order chi connectivity index (χ1) is 16.7. The first kappa shape index (κ1) is 25.2. The Bertz CT molecular complexity index is 1090. The molecule has 1 unspecified atom stereocenters. The number of aromatic amines is 2. The van der Waals surface area contributed by atoms with E-state index < -0.39 is 0 Å². The lowest BCUT2D eigenvalue weighted by molar-refractivity contribution is -0.143. The third-order valence-electron chi connectivity index (χ3n) is 7.11. The molecule has 2 amide bonds. The maximum Gasteiger partial charge on any atom is 0.242 e. The fourth-order valence-corrected chi connectivity index (χ4v) is 5.01. The highest BCUT2D eigenvalue weighted by Gasteiger charge is 2.29. The molecule has 190 valence electrons. The molecule has 0 saturated carbocycles. The van der Waals surface area contributed by atoms with Crippen molar-refractivity contribution < 1.29 is 14.7 Å². The molecule has 0 bridgehead atoms. The molecule has 0 aromatic carbocycles. The third kappa shape index (κ3) is 5.86. The number of aryl methyl sites for hydroxylation is 1. The standard InChI is InChI=1S/C27H39N5O3/c1-18-21(10-11-27(2,3)4)26(30-29-18)23-15-19-8-9-20(16-22(19)28-23)32(13-14-33)25(35)17-31-12-6-5-7-24(31)34/h8-9,15,20,28,33H,5-7,10-14,16-17H2,1-4H3,(H,29,30). The van der Waals surface area contributed by atoms with Gasteiger partial charge in [-0.25, -0.2) is 0 Å². The molecule has 3 heterocycles. The molecule has 1 aliphatic heterocycles. The highest BCUT2D eigenvalue weighted by atomic mass is 16.3. The van der Waals surface area contributed by atoms with Crippen LogP contribution in [0.4, 0.5) is 0 Å². The molecule has 3 N–H and O–H groups in total. The van der Waals surface area contributed by atoms with Gasteiger partial charge in [-0.15, -0.1) is 0 Å². The molecular weight excluding hydrogens is 442 g/mol. The Labute approximate surface area is 207 Å². The van der Waals surface area contributed by atoms with Crippen LogP contribution in [0.15, 0.2) is 12.1 Å². The monoisotopic (exact) mass is 481 g/mol. The number of carbonyl (C=O) groups is 2. The van der Waals surface area contributed by atoms with E-state index in [1.165, 1.54) is 5.56 Å². The number of carbonyl (C=O) groups excluding carboxylic acids is 2. The molecule has 1 fully saturated rings. The fraction of sp³-hybridized carbons (Fsp3) is 0.593. The average Bonchev–Trinajstić information content (AvgIpc) is 3.39. The summed E-state index contributed by atoms with van der Waals surface area (Å²) in [5.41, 5.74) is 6.67. The van der Waals surface area contributed by atoms with E-state index in [1.54, 1.807) is 9.80 Å². The summed E-state index contributed by atoms with van der Waals surface area (Å²) in [5.74, 6) is -0.0767. The van der Waals surface area contributed by atoms with Crippen molar-refractivity contribution >= 4 is 17.9 Å². The van der Waals surface area contributed by atoms with E-state index in [2.05, 4.69) is 48.9 Å². The van der Waals surface area contributed by atoms with Crippen molar-refractivity contribution in [2.24, 2.45) is 5.41 Å². The summed E-state index contributed by atoms with van der Waals surface area (Å²) in [7, 11) is 0. The lowest BCUT2D eigenvalue weighted by atomic mass is 9.88. The zero-order valence-corrected chi connectivity index (χ0v) is 21.5. The number of fused-ring (bicyclic) bond motifs is 1. The fourth-order valence-electron chi connectivity index (χ4n) is 5.01. The van der Waals surface area contributed by atoms with Crippen LogP contribution in [0.25, 0.3) is 17.5 Å². The van der Waals surface area contributed by atoms with Crippen molar-refractivity contribution in [3.8, 4) is 11.4 Å². The Balaban J connectivity index is 1.50. The van der Waals surface area contributed by atoms with Gasteiger partial charge in [-0.3, -0.25) is 14.7 Å². The van der Waals surface area contributed by atoms with Gasteiger partial charge in [0.15, 0.2) is 0 Å². The summed E-state index contributed by atoms with van der Waals surface area (Å²) in [6.45, 7) is 9.66. The van der Waals surface area contributed by atoms with Crippen molar-refractivity contribution in [2.75, 3.05) is 26.2 Å². The van der Waals surface area contributed by atoms with Crippen LogP contribution in [0, 0.1) is 12.3 Å². The second-order valence-electron chi connectivity index (χ2n) is 11.1. The van der Waals surface area contributed by atoms with Gasteiger partial charge in [-0.1, -0.05) is 32.9 Å². The number of amides is 2.